The molecule has 0 fully saturated rings. The molecule has 0 spiro atoms. The molecule has 12 heavy (non-hydrogen) atoms. The molecular formula is C8H14N4. The lowest BCUT2D eigenvalue weighted by atomic mass is 10.3. The predicted molar refractivity (Wildman–Crippen MR) is 47.4 cm³/mol. The summed E-state index contributed by atoms with van der Waals surface area (Å²) < 4.78 is 0. The first-order valence-electron chi connectivity index (χ1n) is 4.00. The first-order chi connectivity index (χ1) is 5.83. The molecule has 1 atom stereocenters. The van der Waals surface area contributed by atoms with Crippen molar-refractivity contribution in [3.8, 4) is 0 Å². The van der Waals surface area contributed by atoms with Crippen molar-refractivity contribution >= 4 is 0 Å². The van der Waals surface area contributed by atoms with Crippen molar-refractivity contribution in [3.05, 3.63) is 24.3 Å². The molecule has 0 saturated carbocycles. The van der Waals surface area contributed by atoms with Crippen LogP contribution in [0.5, 0.6) is 0 Å². The molecule has 66 valence electrons. The van der Waals surface area contributed by atoms with Gasteiger partial charge in [0.2, 0.25) is 0 Å². The van der Waals surface area contributed by atoms with Crippen molar-refractivity contribution < 1.29 is 0 Å². The van der Waals surface area contributed by atoms with Gasteiger partial charge in [-0.3, -0.25) is 0 Å². The van der Waals surface area contributed by atoms with Crippen LogP contribution in [0.15, 0.2) is 18.7 Å². The number of rotatable bonds is 4. The lowest BCUT2D eigenvalue weighted by Gasteiger charge is -2.09. The van der Waals surface area contributed by atoms with Crippen molar-refractivity contribution in [3.63, 3.8) is 0 Å². The monoisotopic (exact) mass is 166 g/mol. The molecule has 0 saturated heterocycles. The number of hydrogen-bond acceptors (Lipinski definition) is 4. The minimum atomic E-state index is 0.338. The Morgan fingerprint density at radius 1 is 1.50 bits per heavy atom. The van der Waals surface area contributed by atoms with Crippen LogP contribution in [0, 0.1) is 0 Å². The zero-order chi connectivity index (χ0) is 8.81. The van der Waals surface area contributed by atoms with Gasteiger partial charge in [-0.15, -0.1) is 0 Å². The third-order valence-electron chi connectivity index (χ3n) is 1.62. The molecule has 1 aromatic rings. The summed E-state index contributed by atoms with van der Waals surface area (Å²) in [5.74, 6) is 0. The van der Waals surface area contributed by atoms with Gasteiger partial charge in [0.15, 0.2) is 0 Å². The maximum atomic E-state index is 5.44. The van der Waals surface area contributed by atoms with Crippen LogP contribution in [-0.2, 0) is 6.54 Å². The Balaban J connectivity index is 2.33. The van der Waals surface area contributed by atoms with E-state index < -0.39 is 0 Å². The van der Waals surface area contributed by atoms with Gasteiger partial charge in [-0.1, -0.05) is 0 Å². The van der Waals surface area contributed by atoms with E-state index in [1.54, 1.807) is 12.4 Å². The lowest BCUT2D eigenvalue weighted by Crippen LogP contribution is -2.32. The predicted octanol–water partition coefficient (Wildman–Crippen LogP) is -0.0866. The van der Waals surface area contributed by atoms with E-state index >= 15 is 0 Å². The van der Waals surface area contributed by atoms with Crippen LogP contribution >= 0.6 is 0 Å². The molecule has 0 radical (unpaired) electrons. The van der Waals surface area contributed by atoms with Crippen LogP contribution in [0.1, 0.15) is 12.5 Å². The molecule has 0 aliphatic rings. The number of nitrogens with one attached hydrogen (secondary N) is 1. The summed E-state index contributed by atoms with van der Waals surface area (Å²) in [6, 6.07) is 0.338. The van der Waals surface area contributed by atoms with Crippen LogP contribution in [0.3, 0.4) is 0 Å². The Kier molecular flexibility index (Phi) is 3.63. The van der Waals surface area contributed by atoms with E-state index in [1.165, 1.54) is 6.33 Å². The highest BCUT2D eigenvalue weighted by molar-refractivity contribution is 5.01. The van der Waals surface area contributed by atoms with Gasteiger partial charge in [0, 0.05) is 37.1 Å². The van der Waals surface area contributed by atoms with Gasteiger partial charge < -0.3 is 11.1 Å². The van der Waals surface area contributed by atoms with E-state index in [0.29, 0.717) is 12.6 Å². The Hall–Kier alpha value is -1.00. The van der Waals surface area contributed by atoms with E-state index in [-0.39, 0.29) is 0 Å². The highest BCUT2D eigenvalue weighted by atomic mass is 14.9. The van der Waals surface area contributed by atoms with E-state index in [9.17, 15) is 0 Å². The molecule has 0 unspecified atom stereocenters. The largest absolute Gasteiger partial charge is 0.329 e. The zero-order valence-electron chi connectivity index (χ0n) is 7.20. The average molecular weight is 166 g/mol. The molecule has 0 aromatic carbocycles. The van der Waals surface area contributed by atoms with Gasteiger partial charge >= 0.3 is 0 Å². The van der Waals surface area contributed by atoms with E-state index in [2.05, 4.69) is 15.3 Å². The van der Waals surface area contributed by atoms with Gasteiger partial charge in [0.25, 0.3) is 0 Å². The maximum absolute atomic E-state index is 5.44. The Morgan fingerprint density at radius 3 is 2.75 bits per heavy atom. The molecular weight excluding hydrogens is 152 g/mol. The Labute approximate surface area is 72.2 Å². The molecule has 0 amide bonds. The molecule has 1 rings (SSSR count). The molecule has 3 N–H and O–H groups in total. The van der Waals surface area contributed by atoms with Crippen LogP contribution in [-0.4, -0.2) is 22.6 Å². The van der Waals surface area contributed by atoms with Gasteiger partial charge in [0.1, 0.15) is 6.33 Å². The van der Waals surface area contributed by atoms with Crippen LogP contribution in [0.25, 0.3) is 0 Å². The van der Waals surface area contributed by atoms with Crippen molar-refractivity contribution in [2.45, 2.75) is 19.5 Å². The minimum absolute atomic E-state index is 0.338. The Bertz CT molecular complexity index is 212. The van der Waals surface area contributed by atoms with Crippen molar-refractivity contribution in [1.29, 1.82) is 0 Å². The van der Waals surface area contributed by atoms with Crippen LogP contribution in [0.2, 0.25) is 0 Å². The second-order valence-corrected chi connectivity index (χ2v) is 2.76. The maximum Gasteiger partial charge on any atom is 0.115 e. The third kappa shape index (κ3) is 2.94. The average Bonchev–Trinajstić information content (AvgIpc) is 2.16. The quantitative estimate of drug-likeness (QED) is 0.656. The molecule has 4 nitrogen and oxygen atoms in total. The van der Waals surface area contributed by atoms with Crippen molar-refractivity contribution in [2.75, 3.05) is 6.54 Å². The molecule has 4 heteroatoms. The van der Waals surface area contributed by atoms with Crippen LogP contribution < -0.4 is 11.1 Å². The molecule has 0 aliphatic carbocycles. The number of nitrogens with zero attached hydrogens (tertiary/aromatic N) is 2. The summed E-state index contributed by atoms with van der Waals surface area (Å²) in [6.07, 6.45) is 5.11. The minimum Gasteiger partial charge on any atom is -0.329 e. The summed E-state index contributed by atoms with van der Waals surface area (Å²) in [6.45, 7) is 3.47. The second-order valence-electron chi connectivity index (χ2n) is 2.76. The van der Waals surface area contributed by atoms with Crippen molar-refractivity contribution in [1.82, 2.24) is 15.3 Å². The number of nitrogens with two attached hydrogens (primary N) is 1. The summed E-state index contributed by atoms with van der Waals surface area (Å²) in [5, 5.41) is 3.24. The Morgan fingerprint density at radius 2 is 2.17 bits per heavy atom. The summed E-state index contributed by atoms with van der Waals surface area (Å²) in [7, 11) is 0. The van der Waals surface area contributed by atoms with E-state index in [0.717, 1.165) is 12.1 Å². The first-order valence-corrected chi connectivity index (χ1v) is 4.00. The molecule has 0 aliphatic heterocycles. The van der Waals surface area contributed by atoms with E-state index in [1.807, 2.05) is 6.92 Å². The fourth-order valence-corrected chi connectivity index (χ4v) is 0.797. The van der Waals surface area contributed by atoms with Gasteiger partial charge in [-0.2, -0.15) is 0 Å². The standard InChI is InChI=1S/C8H14N4/c1-7(2-9)12-5-8-3-10-6-11-4-8/h3-4,6-7,12H,2,5,9H2,1H3/t7-/m0/s1. The van der Waals surface area contributed by atoms with Crippen molar-refractivity contribution in [2.24, 2.45) is 5.73 Å². The summed E-state index contributed by atoms with van der Waals surface area (Å²) in [5.41, 5.74) is 6.52. The SMILES string of the molecule is C[C@@H](CN)NCc1cncnc1. The van der Waals surface area contributed by atoms with Gasteiger partial charge in [-0.05, 0) is 6.92 Å². The molecule has 1 heterocycles. The fourth-order valence-electron chi connectivity index (χ4n) is 0.797. The summed E-state index contributed by atoms with van der Waals surface area (Å²) in [4.78, 5) is 7.81. The normalized spacial score (nSPS) is 12.8. The van der Waals surface area contributed by atoms with E-state index in [4.69, 9.17) is 5.73 Å². The second kappa shape index (κ2) is 4.79. The number of hydrogen-bond donors (Lipinski definition) is 2. The zero-order valence-corrected chi connectivity index (χ0v) is 7.20. The lowest BCUT2D eigenvalue weighted by molar-refractivity contribution is 0.555. The highest BCUT2D eigenvalue weighted by Crippen LogP contribution is 1.92. The third-order valence-corrected chi connectivity index (χ3v) is 1.62. The van der Waals surface area contributed by atoms with Gasteiger partial charge in [-0.25, -0.2) is 9.97 Å². The molecule has 0 bridgehead atoms. The number of aromatic nitrogens is 2. The summed E-state index contributed by atoms with van der Waals surface area (Å²) >= 11 is 0. The van der Waals surface area contributed by atoms with Gasteiger partial charge in [0.05, 0.1) is 0 Å². The first kappa shape index (κ1) is 9.09. The smallest absolute Gasteiger partial charge is 0.115 e. The molecule has 1 aromatic heterocycles. The highest BCUT2D eigenvalue weighted by Gasteiger charge is 1.97. The fraction of sp³-hybridized carbons (Fsp3) is 0.500. The van der Waals surface area contributed by atoms with Crippen LogP contribution in [0.4, 0.5) is 0 Å². The topological polar surface area (TPSA) is 63.8 Å².